The maximum absolute atomic E-state index is 5.35. The molecule has 0 N–H and O–H groups in total. The summed E-state index contributed by atoms with van der Waals surface area (Å²) < 4.78 is 0. The van der Waals surface area contributed by atoms with Crippen molar-refractivity contribution in [2.24, 2.45) is 5.92 Å². The Morgan fingerprint density at radius 3 is 2.43 bits per heavy atom. The summed E-state index contributed by atoms with van der Waals surface area (Å²) in [4.78, 5) is 0. The molecule has 7 heavy (non-hydrogen) atoms. The van der Waals surface area contributed by atoms with Crippen LogP contribution in [0.15, 0.2) is 0 Å². The van der Waals surface area contributed by atoms with E-state index in [-0.39, 0.29) is 0 Å². The van der Waals surface area contributed by atoms with Crippen LogP contribution in [-0.2, 0) is 0 Å². The summed E-state index contributed by atoms with van der Waals surface area (Å²) in [6, 6.07) is 0. The van der Waals surface area contributed by atoms with Crippen LogP contribution < -0.4 is 0 Å². The van der Waals surface area contributed by atoms with Crippen molar-refractivity contribution in [3.8, 4) is 0 Å². The Hall–Kier alpha value is 0.290. The standard InChI is InChI=1S/C6H12Cl/c1-3-6(2)4-5-7/h5-6H,3-4H2,1-2H3. The molecule has 43 valence electrons. The Morgan fingerprint density at radius 1 is 1.71 bits per heavy atom. The van der Waals surface area contributed by atoms with Crippen LogP contribution in [0.2, 0.25) is 0 Å². The van der Waals surface area contributed by atoms with Crippen LogP contribution in [0.4, 0.5) is 0 Å². The van der Waals surface area contributed by atoms with E-state index < -0.39 is 0 Å². The van der Waals surface area contributed by atoms with Crippen LogP contribution in [0.5, 0.6) is 0 Å². The smallest absolute Gasteiger partial charge is 0.0502 e. The van der Waals surface area contributed by atoms with Gasteiger partial charge in [-0.05, 0) is 12.3 Å². The van der Waals surface area contributed by atoms with E-state index >= 15 is 0 Å². The van der Waals surface area contributed by atoms with Gasteiger partial charge in [0.05, 0.1) is 5.88 Å². The lowest BCUT2D eigenvalue weighted by Gasteiger charge is -2.01. The van der Waals surface area contributed by atoms with Crippen LogP contribution >= 0.6 is 11.6 Å². The second-order valence-electron chi connectivity index (χ2n) is 1.90. The van der Waals surface area contributed by atoms with Gasteiger partial charge in [0.2, 0.25) is 0 Å². The monoisotopic (exact) mass is 119 g/mol. The summed E-state index contributed by atoms with van der Waals surface area (Å²) in [7, 11) is 0. The zero-order valence-corrected chi connectivity index (χ0v) is 5.70. The molecule has 0 spiro atoms. The molecule has 0 aliphatic heterocycles. The normalized spacial score (nSPS) is 14.1. The Bertz CT molecular complexity index is 35.2. The molecule has 0 rings (SSSR count). The highest BCUT2D eigenvalue weighted by Gasteiger charge is 1.94. The summed E-state index contributed by atoms with van der Waals surface area (Å²) in [5.41, 5.74) is 0. The number of hydrogen-bond acceptors (Lipinski definition) is 0. The lowest BCUT2D eigenvalue weighted by Crippen LogP contribution is -1.87. The molecule has 0 aromatic rings. The van der Waals surface area contributed by atoms with Crippen molar-refractivity contribution >= 4 is 11.6 Å². The van der Waals surface area contributed by atoms with Crippen molar-refractivity contribution in [2.75, 3.05) is 0 Å². The third kappa shape index (κ3) is 4.14. The van der Waals surface area contributed by atoms with Gasteiger partial charge in [-0.15, -0.1) is 11.6 Å². The summed E-state index contributed by atoms with van der Waals surface area (Å²) in [6.07, 6.45) is 2.27. The fraction of sp³-hybridized carbons (Fsp3) is 0.833. The van der Waals surface area contributed by atoms with E-state index in [4.69, 9.17) is 11.6 Å². The first-order valence-electron chi connectivity index (χ1n) is 2.73. The Morgan fingerprint density at radius 2 is 2.29 bits per heavy atom. The minimum Gasteiger partial charge on any atom is -0.121 e. The summed E-state index contributed by atoms with van der Waals surface area (Å²) in [5, 5.41) is 0. The van der Waals surface area contributed by atoms with Gasteiger partial charge in [-0.25, -0.2) is 0 Å². The van der Waals surface area contributed by atoms with E-state index in [0.29, 0.717) is 0 Å². The van der Waals surface area contributed by atoms with E-state index in [1.54, 1.807) is 5.88 Å². The molecule has 0 bridgehead atoms. The first-order valence-corrected chi connectivity index (χ1v) is 3.16. The molecular weight excluding hydrogens is 108 g/mol. The van der Waals surface area contributed by atoms with Gasteiger partial charge in [0.1, 0.15) is 0 Å². The minimum atomic E-state index is 0.762. The second-order valence-corrected chi connectivity index (χ2v) is 2.21. The number of rotatable bonds is 3. The summed E-state index contributed by atoms with van der Waals surface area (Å²) in [5.74, 6) is 2.46. The van der Waals surface area contributed by atoms with Crippen molar-refractivity contribution in [2.45, 2.75) is 26.7 Å². The third-order valence-electron chi connectivity index (χ3n) is 1.19. The first kappa shape index (κ1) is 7.29. The molecular formula is C6H12Cl. The molecule has 0 heterocycles. The molecule has 0 aliphatic carbocycles. The Kier molecular flexibility index (Phi) is 4.63. The first-order chi connectivity index (χ1) is 3.31. The highest BCUT2D eigenvalue weighted by atomic mass is 35.5. The van der Waals surface area contributed by atoms with Crippen molar-refractivity contribution in [1.29, 1.82) is 0 Å². The van der Waals surface area contributed by atoms with Gasteiger partial charge in [-0.2, -0.15) is 0 Å². The average Bonchev–Trinajstić information content (AvgIpc) is 1.68. The van der Waals surface area contributed by atoms with Crippen molar-refractivity contribution in [3.05, 3.63) is 5.88 Å². The quantitative estimate of drug-likeness (QED) is 0.536. The highest BCUT2D eigenvalue weighted by Crippen LogP contribution is 2.09. The van der Waals surface area contributed by atoms with E-state index in [2.05, 4.69) is 13.8 Å². The van der Waals surface area contributed by atoms with E-state index in [1.807, 2.05) is 0 Å². The van der Waals surface area contributed by atoms with E-state index in [0.717, 1.165) is 12.3 Å². The Labute approximate surface area is 50.9 Å². The van der Waals surface area contributed by atoms with Gasteiger partial charge in [0.15, 0.2) is 0 Å². The van der Waals surface area contributed by atoms with E-state index in [9.17, 15) is 0 Å². The SMILES string of the molecule is CCC(C)C[CH]Cl. The van der Waals surface area contributed by atoms with Crippen molar-refractivity contribution in [1.82, 2.24) is 0 Å². The fourth-order valence-electron chi connectivity index (χ4n) is 0.319. The molecule has 1 radical (unpaired) electrons. The molecule has 0 aromatic carbocycles. The van der Waals surface area contributed by atoms with Crippen molar-refractivity contribution < 1.29 is 0 Å². The van der Waals surface area contributed by atoms with Gasteiger partial charge in [-0.1, -0.05) is 20.3 Å². The summed E-state index contributed by atoms with van der Waals surface area (Å²) >= 11 is 5.35. The molecule has 0 saturated carbocycles. The van der Waals surface area contributed by atoms with Crippen LogP contribution in [-0.4, -0.2) is 0 Å². The number of halogens is 1. The molecule has 1 atom stereocenters. The van der Waals surface area contributed by atoms with Crippen LogP contribution in [0.1, 0.15) is 26.7 Å². The number of hydrogen-bond donors (Lipinski definition) is 0. The van der Waals surface area contributed by atoms with Gasteiger partial charge >= 0.3 is 0 Å². The zero-order chi connectivity index (χ0) is 5.70. The predicted octanol–water partition coefficient (Wildman–Crippen LogP) is 2.82. The second kappa shape index (κ2) is 4.45. The van der Waals surface area contributed by atoms with Crippen LogP contribution in [0.25, 0.3) is 0 Å². The van der Waals surface area contributed by atoms with Gasteiger partial charge < -0.3 is 0 Å². The molecule has 0 aliphatic rings. The largest absolute Gasteiger partial charge is 0.121 e. The van der Waals surface area contributed by atoms with E-state index in [1.165, 1.54) is 6.42 Å². The zero-order valence-electron chi connectivity index (χ0n) is 4.95. The third-order valence-corrected chi connectivity index (χ3v) is 1.37. The predicted molar refractivity (Wildman–Crippen MR) is 34.2 cm³/mol. The fourth-order valence-corrected chi connectivity index (χ4v) is 0.623. The van der Waals surface area contributed by atoms with Gasteiger partial charge in [0, 0.05) is 0 Å². The molecule has 1 unspecified atom stereocenters. The van der Waals surface area contributed by atoms with Crippen LogP contribution in [0, 0.1) is 11.8 Å². The molecule has 0 nitrogen and oxygen atoms in total. The maximum atomic E-state index is 5.35. The maximum Gasteiger partial charge on any atom is 0.0502 e. The van der Waals surface area contributed by atoms with Gasteiger partial charge in [0.25, 0.3) is 0 Å². The Balaban J connectivity index is 2.83. The topological polar surface area (TPSA) is 0 Å². The molecule has 0 aromatic heterocycles. The van der Waals surface area contributed by atoms with Crippen molar-refractivity contribution in [3.63, 3.8) is 0 Å². The molecule has 0 saturated heterocycles. The van der Waals surface area contributed by atoms with Crippen LogP contribution in [0.3, 0.4) is 0 Å². The lowest BCUT2D eigenvalue weighted by molar-refractivity contribution is 0.565. The summed E-state index contributed by atoms with van der Waals surface area (Å²) in [6.45, 7) is 4.37. The minimum absolute atomic E-state index is 0.762. The highest BCUT2D eigenvalue weighted by molar-refractivity contribution is 6.23. The molecule has 0 fully saturated rings. The molecule has 0 amide bonds. The van der Waals surface area contributed by atoms with Gasteiger partial charge in [-0.3, -0.25) is 0 Å². The lowest BCUT2D eigenvalue weighted by atomic mass is 10.1. The molecule has 1 heteroatoms. The average molecular weight is 120 g/mol.